The van der Waals surface area contributed by atoms with E-state index in [2.05, 4.69) is 5.32 Å². The van der Waals surface area contributed by atoms with Gasteiger partial charge in [-0.1, -0.05) is 82.3 Å². The number of aliphatic carboxylic acids is 1. The van der Waals surface area contributed by atoms with E-state index in [9.17, 15) is 9.59 Å². The SMILES string of the molecule is O=C(O)CC(=O)NC(c1ccc(Cl)cc1)(c1ccc(Cl)cc1)C(Cl)(Cl)Cl. The van der Waals surface area contributed by atoms with E-state index >= 15 is 0 Å². The van der Waals surface area contributed by atoms with Crippen LogP contribution in [0.1, 0.15) is 17.5 Å². The molecule has 0 radical (unpaired) electrons. The smallest absolute Gasteiger partial charge is 0.312 e. The molecule has 138 valence electrons. The number of carbonyl (C=O) groups is 2. The fraction of sp³-hybridized carbons (Fsp3) is 0.176. The van der Waals surface area contributed by atoms with Gasteiger partial charge in [-0.05, 0) is 35.4 Å². The lowest BCUT2D eigenvalue weighted by Crippen LogP contribution is -2.55. The Balaban J connectivity index is 2.70. The highest BCUT2D eigenvalue weighted by Gasteiger charge is 2.52. The predicted octanol–water partition coefficient (Wildman–Crippen LogP) is 5.20. The van der Waals surface area contributed by atoms with E-state index in [1.54, 1.807) is 48.5 Å². The van der Waals surface area contributed by atoms with Crippen LogP contribution in [-0.4, -0.2) is 20.8 Å². The maximum absolute atomic E-state index is 12.3. The number of alkyl halides is 3. The minimum atomic E-state index is -2.07. The molecule has 2 aromatic carbocycles. The Kier molecular flexibility index (Phi) is 6.70. The number of hydrogen-bond donors (Lipinski definition) is 2. The van der Waals surface area contributed by atoms with Crippen molar-refractivity contribution in [2.45, 2.75) is 15.8 Å². The van der Waals surface area contributed by atoms with Gasteiger partial charge in [-0.3, -0.25) is 9.59 Å². The fourth-order valence-electron chi connectivity index (χ4n) is 2.50. The largest absolute Gasteiger partial charge is 0.481 e. The second-order valence-corrected chi connectivity index (χ2v) is 8.53. The van der Waals surface area contributed by atoms with E-state index in [1.165, 1.54) is 0 Å². The molecule has 9 heteroatoms. The van der Waals surface area contributed by atoms with Crippen molar-refractivity contribution in [2.75, 3.05) is 0 Å². The second-order valence-electron chi connectivity index (χ2n) is 5.38. The third kappa shape index (κ3) is 4.56. The van der Waals surface area contributed by atoms with Gasteiger partial charge >= 0.3 is 5.97 Å². The topological polar surface area (TPSA) is 66.4 Å². The Labute approximate surface area is 174 Å². The summed E-state index contributed by atoms with van der Waals surface area (Å²) >= 11 is 30.7. The maximum atomic E-state index is 12.3. The summed E-state index contributed by atoms with van der Waals surface area (Å²) in [4.78, 5) is 23.2. The van der Waals surface area contributed by atoms with Crippen molar-refractivity contribution in [1.29, 1.82) is 0 Å². The number of hydrogen-bond acceptors (Lipinski definition) is 2. The van der Waals surface area contributed by atoms with Gasteiger partial charge in [-0.2, -0.15) is 0 Å². The summed E-state index contributed by atoms with van der Waals surface area (Å²) in [5.74, 6) is -2.14. The molecule has 4 nitrogen and oxygen atoms in total. The highest BCUT2D eigenvalue weighted by atomic mass is 35.6. The monoisotopic (exact) mass is 453 g/mol. The summed E-state index contributed by atoms with van der Waals surface area (Å²) in [6, 6.07) is 12.6. The number of amides is 1. The molecule has 2 aromatic rings. The number of rotatable bonds is 5. The second kappa shape index (κ2) is 8.24. The van der Waals surface area contributed by atoms with E-state index in [0.717, 1.165) is 0 Å². The molecule has 2 N–H and O–H groups in total. The average molecular weight is 456 g/mol. The zero-order valence-electron chi connectivity index (χ0n) is 13.0. The zero-order chi connectivity index (χ0) is 19.5. The minimum absolute atomic E-state index is 0.406. The third-order valence-corrected chi connectivity index (χ3v) is 4.97. The molecule has 0 atom stereocenters. The van der Waals surface area contributed by atoms with Crippen molar-refractivity contribution in [3.63, 3.8) is 0 Å². The van der Waals surface area contributed by atoms with Gasteiger partial charge in [0.05, 0.1) is 0 Å². The maximum Gasteiger partial charge on any atom is 0.312 e. The van der Waals surface area contributed by atoms with Crippen LogP contribution in [0.5, 0.6) is 0 Å². The van der Waals surface area contributed by atoms with Gasteiger partial charge in [0.2, 0.25) is 9.70 Å². The number of benzene rings is 2. The molecule has 0 aromatic heterocycles. The van der Waals surface area contributed by atoms with Crippen LogP contribution in [0.3, 0.4) is 0 Å². The van der Waals surface area contributed by atoms with Crippen LogP contribution in [0.15, 0.2) is 48.5 Å². The Morgan fingerprint density at radius 1 is 0.846 bits per heavy atom. The van der Waals surface area contributed by atoms with E-state index < -0.39 is 27.6 Å². The quantitative estimate of drug-likeness (QED) is 0.481. The van der Waals surface area contributed by atoms with Gasteiger partial charge in [0.15, 0.2) is 0 Å². The van der Waals surface area contributed by atoms with Crippen molar-refractivity contribution in [2.24, 2.45) is 0 Å². The summed E-state index contributed by atoms with van der Waals surface area (Å²) in [7, 11) is 0. The summed E-state index contributed by atoms with van der Waals surface area (Å²) in [5, 5.41) is 12.4. The summed E-state index contributed by atoms with van der Waals surface area (Å²) in [5.41, 5.74) is -0.856. The number of carboxylic acids is 1. The molecule has 0 heterocycles. The van der Waals surface area contributed by atoms with Crippen molar-refractivity contribution in [3.8, 4) is 0 Å². The first-order valence-electron chi connectivity index (χ1n) is 7.18. The molecule has 0 aliphatic heterocycles. The predicted molar refractivity (Wildman–Crippen MR) is 104 cm³/mol. The van der Waals surface area contributed by atoms with E-state index in [1.807, 2.05) is 0 Å². The molecule has 2 rings (SSSR count). The van der Waals surface area contributed by atoms with Crippen LogP contribution in [0.25, 0.3) is 0 Å². The Morgan fingerprint density at radius 2 is 1.23 bits per heavy atom. The van der Waals surface area contributed by atoms with Crippen molar-refractivity contribution in [3.05, 3.63) is 69.7 Å². The molecule has 0 aliphatic rings. The first-order valence-corrected chi connectivity index (χ1v) is 9.07. The number of carboxylic acid groups (broad SMARTS) is 1. The van der Waals surface area contributed by atoms with Crippen molar-refractivity contribution >= 4 is 69.9 Å². The van der Waals surface area contributed by atoms with Gasteiger partial charge in [0.25, 0.3) is 0 Å². The molecule has 0 spiro atoms. The Bertz CT molecular complexity index is 755. The van der Waals surface area contributed by atoms with Gasteiger partial charge in [-0.15, -0.1) is 0 Å². The van der Waals surface area contributed by atoms with Crippen LogP contribution in [0, 0.1) is 0 Å². The van der Waals surface area contributed by atoms with Crippen LogP contribution >= 0.6 is 58.0 Å². The summed E-state index contributed by atoms with van der Waals surface area (Å²) < 4.78 is -2.07. The molecule has 26 heavy (non-hydrogen) atoms. The van der Waals surface area contributed by atoms with E-state index in [4.69, 9.17) is 63.1 Å². The lowest BCUT2D eigenvalue weighted by molar-refractivity contribution is -0.141. The molecule has 0 saturated heterocycles. The van der Waals surface area contributed by atoms with Gasteiger partial charge < -0.3 is 10.4 Å². The lowest BCUT2D eigenvalue weighted by Gasteiger charge is -2.41. The highest BCUT2D eigenvalue weighted by molar-refractivity contribution is 6.68. The average Bonchev–Trinajstić information content (AvgIpc) is 2.52. The highest BCUT2D eigenvalue weighted by Crippen LogP contribution is 2.49. The van der Waals surface area contributed by atoms with Crippen LogP contribution < -0.4 is 5.32 Å². The van der Waals surface area contributed by atoms with Crippen molar-refractivity contribution in [1.82, 2.24) is 5.32 Å². The van der Waals surface area contributed by atoms with Crippen LogP contribution in [0.2, 0.25) is 10.0 Å². The minimum Gasteiger partial charge on any atom is -0.481 e. The van der Waals surface area contributed by atoms with E-state index in [-0.39, 0.29) is 0 Å². The fourth-order valence-corrected chi connectivity index (χ4v) is 3.55. The molecular formula is C17H12Cl5NO3. The lowest BCUT2D eigenvalue weighted by atomic mass is 9.83. The zero-order valence-corrected chi connectivity index (χ0v) is 16.8. The normalized spacial score (nSPS) is 11.9. The number of halogens is 5. The standard InChI is InChI=1S/C17H12Cl5NO3/c18-12-5-1-10(2-6-12)16(17(20,21)22,23-14(24)9-15(25)26)11-3-7-13(19)8-4-11/h1-8H,9H2,(H,23,24)(H,25,26). The van der Waals surface area contributed by atoms with E-state index in [0.29, 0.717) is 21.2 Å². The summed E-state index contributed by atoms with van der Waals surface area (Å²) in [6.07, 6.45) is -0.788. The Hall–Kier alpha value is -1.17. The van der Waals surface area contributed by atoms with Gasteiger partial charge in [0.1, 0.15) is 12.0 Å². The van der Waals surface area contributed by atoms with Gasteiger partial charge in [-0.25, -0.2) is 0 Å². The number of nitrogens with one attached hydrogen (secondary N) is 1. The number of carbonyl (C=O) groups excluding carboxylic acids is 1. The van der Waals surface area contributed by atoms with Crippen LogP contribution in [-0.2, 0) is 15.1 Å². The summed E-state index contributed by atoms with van der Waals surface area (Å²) in [6.45, 7) is 0. The molecule has 0 unspecified atom stereocenters. The van der Waals surface area contributed by atoms with Crippen LogP contribution in [0.4, 0.5) is 0 Å². The third-order valence-electron chi connectivity index (χ3n) is 3.62. The molecule has 0 saturated carbocycles. The first-order chi connectivity index (χ1) is 12.1. The molecular weight excluding hydrogens is 443 g/mol. The Morgan fingerprint density at radius 3 is 1.54 bits per heavy atom. The molecule has 0 bridgehead atoms. The molecule has 0 fully saturated rings. The van der Waals surface area contributed by atoms with Gasteiger partial charge in [0, 0.05) is 10.0 Å². The molecule has 1 amide bonds. The first kappa shape index (κ1) is 21.1. The van der Waals surface area contributed by atoms with Crippen molar-refractivity contribution < 1.29 is 14.7 Å². The molecule has 0 aliphatic carbocycles.